The molecule has 2 amide bonds. The summed E-state index contributed by atoms with van der Waals surface area (Å²) in [7, 11) is 0. The van der Waals surface area contributed by atoms with E-state index in [0.717, 1.165) is 25.0 Å². The van der Waals surface area contributed by atoms with Gasteiger partial charge in [0, 0.05) is 23.2 Å². The Balaban J connectivity index is 2.16. The Hall–Kier alpha value is -1.24. The average molecular weight is 337 g/mol. The maximum Gasteiger partial charge on any atom is 0.416 e. The lowest BCUT2D eigenvalue weighted by Gasteiger charge is -2.17. The SMILES string of the molecule is O=C(Nc1cc(Br)cc(C(F)(F)F)c1)N1CCCC1. The predicted octanol–water partition coefficient (Wildman–Crippen LogP) is 4.10. The van der Waals surface area contributed by atoms with E-state index in [-0.39, 0.29) is 16.2 Å². The number of hydrogen-bond donors (Lipinski definition) is 1. The number of nitrogens with zero attached hydrogens (tertiary/aromatic N) is 1. The summed E-state index contributed by atoms with van der Waals surface area (Å²) in [6.45, 7) is 1.29. The molecular formula is C12H12BrF3N2O. The van der Waals surface area contributed by atoms with Crippen molar-refractivity contribution in [3.63, 3.8) is 0 Å². The summed E-state index contributed by atoms with van der Waals surface area (Å²) in [5.74, 6) is 0. The summed E-state index contributed by atoms with van der Waals surface area (Å²) in [5.41, 5.74) is -0.655. The highest BCUT2D eigenvalue weighted by atomic mass is 79.9. The zero-order chi connectivity index (χ0) is 14.0. The maximum absolute atomic E-state index is 12.6. The minimum atomic E-state index is -4.43. The van der Waals surface area contributed by atoms with Crippen molar-refractivity contribution in [3.8, 4) is 0 Å². The summed E-state index contributed by atoms with van der Waals surface area (Å²) in [4.78, 5) is 13.4. The van der Waals surface area contributed by atoms with E-state index in [2.05, 4.69) is 21.2 Å². The molecule has 0 unspecified atom stereocenters. The number of alkyl halides is 3. The van der Waals surface area contributed by atoms with Gasteiger partial charge in [-0.25, -0.2) is 4.79 Å². The van der Waals surface area contributed by atoms with Gasteiger partial charge in [-0.05, 0) is 31.0 Å². The van der Waals surface area contributed by atoms with Crippen LogP contribution in [0.25, 0.3) is 0 Å². The second kappa shape index (κ2) is 5.40. The van der Waals surface area contributed by atoms with Crippen molar-refractivity contribution in [1.29, 1.82) is 0 Å². The molecule has 3 nitrogen and oxygen atoms in total. The molecule has 0 aromatic heterocycles. The van der Waals surface area contributed by atoms with Crippen LogP contribution >= 0.6 is 15.9 Å². The van der Waals surface area contributed by atoms with Crippen molar-refractivity contribution < 1.29 is 18.0 Å². The van der Waals surface area contributed by atoms with Crippen molar-refractivity contribution >= 4 is 27.6 Å². The number of carbonyl (C=O) groups is 1. The van der Waals surface area contributed by atoms with Crippen LogP contribution in [0.15, 0.2) is 22.7 Å². The number of amides is 2. The second-order valence-electron chi connectivity index (χ2n) is 4.35. The smallest absolute Gasteiger partial charge is 0.325 e. The van der Waals surface area contributed by atoms with E-state index in [0.29, 0.717) is 13.1 Å². The number of benzene rings is 1. The molecule has 1 aliphatic rings. The Morgan fingerprint density at radius 3 is 2.42 bits per heavy atom. The van der Waals surface area contributed by atoms with Crippen LogP contribution in [0.2, 0.25) is 0 Å². The molecule has 19 heavy (non-hydrogen) atoms. The number of urea groups is 1. The monoisotopic (exact) mass is 336 g/mol. The largest absolute Gasteiger partial charge is 0.416 e. The van der Waals surface area contributed by atoms with Crippen molar-refractivity contribution in [3.05, 3.63) is 28.2 Å². The molecule has 1 aliphatic heterocycles. The summed E-state index contributed by atoms with van der Waals surface area (Å²) in [5, 5.41) is 2.49. The van der Waals surface area contributed by atoms with Crippen LogP contribution in [0, 0.1) is 0 Å². The third-order valence-corrected chi connectivity index (χ3v) is 3.33. The predicted molar refractivity (Wildman–Crippen MR) is 69.0 cm³/mol. The number of anilines is 1. The molecule has 1 heterocycles. The van der Waals surface area contributed by atoms with Gasteiger partial charge in [0.15, 0.2) is 0 Å². The number of rotatable bonds is 1. The van der Waals surface area contributed by atoms with Gasteiger partial charge < -0.3 is 10.2 Å². The molecule has 0 saturated carbocycles. The van der Waals surface area contributed by atoms with Crippen molar-refractivity contribution in [2.24, 2.45) is 0 Å². The zero-order valence-corrected chi connectivity index (χ0v) is 11.5. The molecule has 7 heteroatoms. The lowest BCUT2D eigenvalue weighted by Crippen LogP contribution is -2.32. The van der Waals surface area contributed by atoms with E-state index < -0.39 is 11.7 Å². The van der Waals surface area contributed by atoms with E-state index in [9.17, 15) is 18.0 Å². The third kappa shape index (κ3) is 3.62. The van der Waals surface area contributed by atoms with Crippen LogP contribution < -0.4 is 5.32 Å². The molecule has 1 aromatic rings. The summed E-state index contributed by atoms with van der Waals surface area (Å²) >= 11 is 3.01. The van der Waals surface area contributed by atoms with Crippen LogP contribution in [-0.2, 0) is 6.18 Å². The van der Waals surface area contributed by atoms with Crippen LogP contribution in [0.5, 0.6) is 0 Å². The van der Waals surface area contributed by atoms with Gasteiger partial charge >= 0.3 is 12.2 Å². The Morgan fingerprint density at radius 2 is 1.84 bits per heavy atom. The molecular weight excluding hydrogens is 325 g/mol. The molecule has 0 bridgehead atoms. The number of halogens is 4. The Labute approximate surface area is 116 Å². The van der Waals surface area contributed by atoms with Crippen LogP contribution in [0.1, 0.15) is 18.4 Å². The van der Waals surface area contributed by atoms with E-state index >= 15 is 0 Å². The fourth-order valence-electron chi connectivity index (χ4n) is 1.95. The van der Waals surface area contributed by atoms with E-state index in [1.54, 1.807) is 4.90 Å². The van der Waals surface area contributed by atoms with Crippen molar-refractivity contribution in [2.75, 3.05) is 18.4 Å². The van der Waals surface area contributed by atoms with Crippen molar-refractivity contribution in [2.45, 2.75) is 19.0 Å². The van der Waals surface area contributed by atoms with Gasteiger partial charge in [0.05, 0.1) is 5.56 Å². The van der Waals surface area contributed by atoms with Crippen LogP contribution in [0.4, 0.5) is 23.7 Å². The highest BCUT2D eigenvalue weighted by Gasteiger charge is 2.31. The van der Waals surface area contributed by atoms with Crippen molar-refractivity contribution in [1.82, 2.24) is 4.90 Å². The first-order chi connectivity index (χ1) is 8.86. The molecule has 0 atom stereocenters. The van der Waals surface area contributed by atoms with Gasteiger partial charge in [-0.1, -0.05) is 15.9 Å². The number of likely N-dealkylation sites (tertiary alicyclic amines) is 1. The van der Waals surface area contributed by atoms with Gasteiger partial charge in [-0.3, -0.25) is 0 Å². The topological polar surface area (TPSA) is 32.3 Å². The number of hydrogen-bond acceptors (Lipinski definition) is 1. The molecule has 1 N–H and O–H groups in total. The van der Waals surface area contributed by atoms with E-state index in [1.165, 1.54) is 6.07 Å². The van der Waals surface area contributed by atoms with Gasteiger partial charge in [-0.2, -0.15) is 13.2 Å². The lowest BCUT2D eigenvalue weighted by molar-refractivity contribution is -0.137. The first-order valence-electron chi connectivity index (χ1n) is 5.80. The number of nitrogens with one attached hydrogen (secondary N) is 1. The summed E-state index contributed by atoms with van der Waals surface area (Å²) < 4.78 is 38.2. The molecule has 0 radical (unpaired) electrons. The minimum Gasteiger partial charge on any atom is -0.325 e. The first-order valence-corrected chi connectivity index (χ1v) is 6.59. The van der Waals surface area contributed by atoms with Crippen LogP contribution in [0.3, 0.4) is 0 Å². The Kier molecular flexibility index (Phi) is 4.03. The highest BCUT2D eigenvalue weighted by Crippen LogP contribution is 2.33. The maximum atomic E-state index is 12.6. The Morgan fingerprint density at radius 1 is 1.21 bits per heavy atom. The molecule has 0 aliphatic carbocycles. The second-order valence-corrected chi connectivity index (χ2v) is 5.27. The quantitative estimate of drug-likeness (QED) is 0.822. The summed E-state index contributed by atoms with van der Waals surface area (Å²) in [6.07, 6.45) is -2.57. The Bertz CT molecular complexity index is 484. The molecule has 1 aromatic carbocycles. The average Bonchev–Trinajstić information content (AvgIpc) is 2.80. The summed E-state index contributed by atoms with van der Waals surface area (Å²) in [6, 6.07) is 3.00. The van der Waals surface area contributed by atoms with Gasteiger partial charge in [0.25, 0.3) is 0 Å². The molecule has 1 fully saturated rings. The normalized spacial score (nSPS) is 15.7. The first kappa shape index (κ1) is 14.2. The molecule has 0 spiro atoms. The van der Waals surface area contributed by atoms with E-state index in [4.69, 9.17) is 0 Å². The van der Waals surface area contributed by atoms with E-state index in [1.807, 2.05) is 0 Å². The molecule has 2 rings (SSSR count). The van der Waals surface area contributed by atoms with Gasteiger partial charge in [0.1, 0.15) is 0 Å². The molecule has 104 valence electrons. The minimum absolute atomic E-state index is 0.138. The van der Waals surface area contributed by atoms with Crippen LogP contribution in [-0.4, -0.2) is 24.0 Å². The molecule has 1 saturated heterocycles. The fraction of sp³-hybridized carbons (Fsp3) is 0.417. The fourth-order valence-corrected chi connectivity index (χ4v) is 2.44. The highest BCUT2D eigenvalue weighted by molar-refractivity contribution is 9.10. The number of carbonyl (C=O) groups excluding carboxylic acids is 1. The standard InChI is InChI=1S/C12H12BrF3N2O/c13-9-5-8(12(14,15)16)6-10(7-9)17-11(19)18-3-1-2-4-18/h5-7H,1-4H2,(H,17,19). The third-order valence-electron chi connectivity index (χ3n) is 2.87. The zero-order valence-electron chi connectivity index (χ0n) is 9.93. The van der Waals surface area contributed by atoms with Gasteiger partial charge in [0.2, 0.25) is 0 Å². The lowest BCUT2D eigenvalue weighted by atomic mass is 10.2. The van der Waals surface area contributed by atoms with Gasteiger partial charge in [-0.15, -0.1) is 0 Å².